The Morgan fingerprint density at radius 3 is 2.15 bits per heavy atom. The number of hydrogen-bond donors (Lipinski definition) is 7. The van der Waals surface area contributed by atoms with E-state index in [1.807, 2.05) is 0 Å². The number of rotatable bonds is 10. The largest absolute Gasteiger partial charge is 0.480 e. The fourth-order valence-electron chi connectivity index (χ4n) is 2.01. The molecule has 1 aromatic heterocycles. The third-order valence-electron chi connectivity index (χ3n) is 3.69. The highest BCUT2D eigenvalue weighted by Crippen LogP contribution is 2.00. The number of aromatic amines is 1. The number of carbonyl (C=O) groups is 4. The summed E-state index contributed by atoms with van der Waals surface area (Å²) in [6.07, 6.45) is 2.85. The Bertz CT molecular complexity index is 664. The van der Waals surface area contributed by atoms with Gasteiger partial charge in [-0.3, -0.25) is 14.4 Å². The first-order valence-corrected chi connectivity index (χ1v) is 8.22. The lowest BCUT2D eigenvalue weighted by Gasteiger charge is -2.21. The summed E-state index contributed by atoms with van der Waals surface area (Å²) >= 11 is 0. The predicted octanol–water partition coefficient (Wildman–Crippen LogP) is -3.18. The fourth-order valence-corrected chi connectivity index (χ4v) is 2.01. The number of carboxylic acids is 1. The second-order valence-corrected chi connectivity index (χ2v) is 5.98. The summed E-state index contributed by atoms with van der Waals surface area (Å²) in [6.45, 7) is 2.73. The molecule has 12 nitrogen and oxygen atoms in total. The monoisotopic (exact) mass is 383 g/mol. The Morgan fingerprint density at radius 2 is 1.67 bits per heavy atom. The van der Waals surface area contributed by atoms with Gasteiger partial charge in [0, 0.05) is 24.9 Å². The van der Waals surface area contributed by atoms with Gasteiger partial charge in [0.05, 0.1) is 12.4 Å². The number of hydrogen-bond acceptors (Lipinski definition) is 7. The van der Waals surface area contributed by atoms with Crippen LogP contribution in [0, 0.1) is 0 Å². The van der Waals surface area contributed by atoms with E-state index in [4.69, 9.17) is 11.5 Å². The Balaban J connectivity index is 2.57. The van der Waals surface area contributed by atoms with Crippen LogP contribution in [0.4, 0.5) is 0 Å². The second-order valence-electron chi connectivity index (χ2n) is 5.98. The molecule has 0 bridgehead atoms. The molecule has 0 aliphatic carbocycles. The van der Waals surface area contributed by atoms with Crippen molar-refractivity contribution in [3.05, 3.63) is 18.2 Å². The van der Waals surface area contributed by atoms with Gasteiger partial charge in [-0.05, 0) is 13.8 Å². The van der Waals surface area contributed by atoms with Crippen LogP contribution in [-0.2, 0) is 25.6 Å². The van der Waals surface area contributed by atoms with Crippen molar-refractivity contribution in [2.75, 3.05) is 6.54 Å². The molecule has 27 heavy (non-hydrogen) atoms. The zero-order chi connectivity index (χ0) is 20.6. The van der Waals surface area contributed by atoms with Crippen molar-refractivity contribution in [2.24, 2.45) is 11.5 Å². The van der Waals surface area contributed by atoms with Gasteiger partial charge in [-0.25, -0.2) is 9.78 Å². The molecular weight excluding hydrogens is 358 g/mol. The molecule has 1 aromatic rings. The Labute approximate surface area is 155 Å². The van der Waals surface area contributed by atoms with Crippen LogP contribution >= 0.6 is 0 Å². The van der Waals surface area contributed by atoms with E-state index >= 15 is 0 Å². The van der Waals surface area contributed by atoms with E-state index < -0.39 is 47.9 Å². The summed E-state index contributed by atoms with van der Waals surface area (Å²) in [4.78, 5) is 53.7. The minimum absolute atomic E-state index is 0.00514. The second kappa shape index (κ2) is 10.2. The topological polar surface area (TPSA) is 205 Å². The number of amides is 3. The summed E-state index contributed by atoms with van der Waals surface area (Å²) < 4.78 is 0. The van der Waals surface area contributed by atoms with Crippen LogP contribution in [0.2, 0.25) is 0 Å². The van der Waals surface area contributed by atoms with E-state index in [-0.39, 0.29) is 13.0 Å². The van der Waals surface area contributed by atoms with Crippen molar-refractivity contribution >= 4 is 23.7 Å². The molecule has 0 aromatic carbocycles. The standard InChI is InChI=1S/C15H25N7O5/c1-7(21-14(25)10(17)4-16)12(23)20-8(2)13(24)22-11(15(26)27)3-9-5-18-6-19-9/h5-8,10-11H,3-4,16-17H2,1-2H3,(H,18,19)(H,20,23)(H,21,25)(H,22,24)(H,26,27)/t7-,8+,10+,11+/m1/s1. The van der Waals surface area contributed by atoms with Crippen molar-refractivity contribution < 1.29 is 24.3 Å². The number of imidazole rings is 1. The van der Waals surface area contributed by atoms with E-state index in [1.54, 1.807) is 0 Å². The van der Waals surface area contributed by atoms with Gasteiger partial charge in [0.2, 0.25) is 17.7 Å². The van der Waals surface area contributed by atoms with E-state index in [0.717, 1.165) is 0 Å². The van der Waals surface area contributed by atoms with Crippen molar-refractivity contribution in [3.63, 3.8) is 0 Å². The molecule has 12 heteroatoms. The molecule has 0 aliphatic heterocycles. The molecule has 0 radical (unpaired) electrons. The maximum absolute atomic E-state index is 12.2. The summed E-state index contributed by atoms with van der Waals surface area (Å²) in [6, 6.07) is -4.12. The summed E-state index contributed by atoms with van der Waals surface area (Å²) in [7, 11) is 0. The fraction of sp³-hybridized carbons (Fsp3) is 0.533. The lowest BCUT2D eigenvalue weighted by molar-refractivity contribution is -0.142. The Hall–Kier alpha value is -2.99. The number of nitrogens with zero attached hydrogens (tertiary/aromatic N) is 1. The van der Waals surface area contributed by atoms with E-state index in [9.17, 15) is 24.3 Å². The van der Waals surface area contributed by atoms with Gasteiger partial charge in [0.25, 0.3) is 0 Å². The molecule has 0 fully saturated rings. The number of carbonyl (C=O) groups excluding carboxylic acids is 3. The predicted molar refractivity (Wildman–Crippen MR) is 94.1 cm³/mol. The first kappa shape index (κ1) is 22.1. The number of aromatic nitrogens is 2. The maximum atomic E-state index is 12.2. The smallest absolute Gasteiger partial charge is 0.326 e. The molecular formula is C15H25N7O5. The first-order valence-electron chi connectivity index (χ1n) is 8.22. The minimum Gasteiger partial charge on any atom is -0.480 e. The molecule has 0 saturated carbocycles. The lowest BCUT2D eigenvalue weighted by Crippen LogP contribution is -2.56. The average Bonchev–Trinajstić information content (AvgIpc) is 3.12. The van der Waals surface area contributed by atoms with E-state index in [1.165, 1.54) is 26.4 Å². The number of nitrogens with one attached hydrogen (secondary N) is 4. The van der Waals surface area contributed by atoms with Gasteiger partial charge >= 0.3 is 5.97 Å². The lowest BCUT2D eigenvalue weighted by atomic mass is 10.1. The van der Waals surface area contributed by atoms with E-state index in [2.05, 4.69) is 25.9 Å². The molecule has 0 unspecified atom stereocenters. The zero-order valence-electron chi connectivity index (χ0n) is 15.1. The van der Waals surface area contributed by atoms with Gasteiger partial charge in [-0.2, -0.15) is 0 Å². The number of aliphatic carboxylic acids is 1. The maximum Gasteiger partial charge on any atom is 0.326 e. The van der Waals surface area contributed by atoms with E-state index in [0.29, 0.717) is 5.69 Å². The molecule has 4 atom stereocenters. The van der Waals surface area contributed by atoms with Crippen LogP contribution in [0.3, 0.4) is 0 Å². The summed E-state index contributed by atoms with van der Waals surface area (Å²) in [5, 5.41) is 16.3. The normalized spacial score (nSPS) is 15.1. The Morgan fingerprint density at radius 1 is 1.11 bits per heavy atom. The number of carboxylic acid groups (broad SMARTS) is 1. The molecule has 1 heterocycles. The SMILES string of the molecule is C[C@H](NC(=O)[C@@H](C)NC(=O)[C@@H](N)CN)C(=O)N[C@@H](Cc1cnc[nH]1)C(=O)O. The average molecular weight is 383 g/mol. The molecule has 0 aliphatic rings. The first-order chi connectivity index (χ1) is 12.6. The highest BCUT2D eigenvalue weighted by atomic mass is 16.4. The van der Waals surface area contributed by atoms with Gasteiger partial charge in [0.1, 0.15) is 18.1 Å². The number of H-pyrrole nitrogens is 1. The molecule has 150 valence electrons. The highest BCUT2D eigenvalue weighted by molar-refractivity contribution is 5.93. The summed E-state index contributed by atoms with van der Waals surface area (Å²) in [5.41, 5.74) is 11.3. The van der Waals surface area contributed by atoms with Crippen LogP contribution in [0.1, 0.15) is 19.5 Å². The van der Waals surface area contributed by atoms with Crippen LogP contribution in [0.5, 0.6) is 0 Å². The minimum atomic E-state index is -1.23. The molecule has 0 saturated heterocycles. The van der Waals surface area contributed by atoms with Crippen molar-refractivity contribution in [1.29, 1.82) is 0 Å². The highest BCUT2D eigenvalue weighted by Gasteiger charge is 2.26. The van der Waals surface area contributed by atoms with Crippen molar-refractivity contribution in [3.8, 4) is 0 Å². The Kier molecular flexibility index (Phi) is 8.35. The molecule has 0 spiro atoms. The zero-order valence-corrected chi connectivity index (χ0v) is 15.1. The summed E-state index contributed by atoms with van der Waals surface area (Å²) in [5.74, 6) is -3.14. The molecule has 1 rings (SSSR count). The number of nitrogens with two attached hydrogens (primary N) is 2. The van der Waals surface area contributed by atoms with Gasteiger partial charge in [-0.15, -0.1) is 0 Å². The van der Waals surface area contributed by atoms with Crippen LogP contribution < -0.4 is 27.4 Å². The van der Waals surface area contributed by atoms with Crippen LogP contribution in [0.25, 0.3) is 0 Å². The molecule has 3 amide bonds. The third kappa shape index (κ3) is 7.03. The molecule has 9 N–H and O–H groups in total. The van der Waals surface area contributed by atoms with Gasteiger partial charge < -0.3 is 37.5 Å². The third-order valence-corrected chi connectivity index (χ3v) is 3.69. The van der Waals surface area contributed by atoms with Crippen molar-refractivity contribution in [2.45, 2.75) is 44.4 Å². The van der Waals surface area contributed by atoms with Crippen LogP contribution in [-0.4, -0.2) is 69.5 Å². The van der Waals surface area contributed by atoms with Gasteiger partial charge in [-0.1, -0.05) is 0 Å². The van der Waals surface area contributed by atoms with Crippen molar-refractivity contribution in [1.82, 2.24) is 25.9 Å². The van der Waals surface area contributed by atoms with Gasteiger partial charge in [0.15, 0.2) is 0 Å². The van der Waals surface area contributed by atoms with Crippen LogP contribution in [0.15, 0.2) is 12.5 Å². The quantitative estimate of drug-likeness (QED) is 0.219.